The van der Waals surface area contributed by atoms with Crippen LogP contribution in [0.5, 0.6) is 0 Å². The Labute approximate surface area is 114 Å². The molecule has 3 unspecified atom stereocenters. The number of nitrogens with one attached hydrogen (secondary N) is 1. The van der Waals surface area contributed by atoms with Gasteiger partial charge in [0.15, 0.2) is 0 Å². The van der Waals surface area contributed by atoms with Gasteiger partial charge in [0.25, 0.3) is 0 Å². The van der Waals surface area contributed by atoms with E-state index in [0.717, 1.165) is 19.3 Å². The second kappa shape index (κ2) is 5.12. The van der Waals surface area contributed by atoms with Gasteiger partial charge in [-0.3, -0.25) is 9.59 Å². The van der Waals surface area contributed by atoms with Crippen molar-refractivity contribution in [1.29, 1.82) is 0 Å². The quantitative estimate of drug-likeness (QED) is 0.807. The molecular formula is C14H24N2O3. The van der Waals surface area contributed by atoms with Crippen LogP contribution in [-0.2, 0) is 14.3 Å². The maximum Gasteiger partial charge on any atom is 0.249 e. The highest BCUT2D eigenvalue weighted by Gasteiger charge is 2.55. The van der Waals surface area contributed by atoms with E-state index in [4.69, 9.17) is 4.74 Å². The summed E-state index contributed by atoms with van der Waals surface area (Å²) in [6, 6.07) is -0.377. The second-order valence-corrected chi connectivity index (χ2v) is 5.98. The molecule has 1 aliphatic carbocycles. The maximum absolute atomic E-state index is 12.8. The van der Waals surface area contributed by atoms with Gasteiger partial charge < -0.3 is 15.0 Å². The van der Waals surface area contributed by atoms with Gasteiger partial charge in [0, 0.05) is 19.8 Å². The van der Waals surface area contributed by atoms with E-state index < -0.39 is 11.6 Å². The summed E-state index contributed by atoms with van der Waals surface area (Å²) in [6.45, 7) is 6.24. The molecule has 108 valence electrons. The minimum Gasteiger partial charge on any atom is -0.385 e. The Bertz CT molecular complexity index is 381. The molecular weight excluding hydrogens is 244 g/mol. The smallest absolute Gasteiger partial charge is 0.249 e. The highest BCUT2D eigenvalue weighted by Crippen LogP contribution is 2.42. The Hall–Kier alpha value is -1.10. The van der Waals surface area contributed by atoms with Gasteiger partial charge in [0.1, 0.15) is 11.6 Å². The molecule has 0 aromatic carbocycles. The first-order valence-corrected chi connectivity index (χ1v) is 7.05. The third kappa shape index (κ3) is 2.48. The highest BCUT2D eigenvalue weighted by molar-refractivity contribution is 6.00. The fraction of sp³-hybridized carbons (Fsp3) is 0.857. The third-order valence-corrected chi connectivity index (χ3v) is 4.47. The van der Waals surface area contributed by atoms with Gasteiger partial charge in [-0.15, -0.1) is 0 Å². The van der Waals surface area contributed by atoms with E-state index in [1.807, 2.05) is 13.8 Å². The van der Waals surface area contributed by atoms with E-state index in [9.17, 15) is 9.59 Å². The zero-order valence-corrected chi connectivity index (χ0v) is 12.2. The van der Waals surface area contributed by atoms with E-state index in [0.29, 0.717) is 12.5 Å². The second-order valence-electron chi connectivity index (χ2n) is 5.98. The van der Waals surface area contributed by atoms with E-state index in [-0.39, 0.29) is 17.9 Å². The monoisotopic (exact) mass is 268 g/mol. The van der Waals surface area contributed by atoms with Crippen LogP contribution in [-0.4, -0.2) is 48.1 Å². The van der Waals surface area contributed by atoms with Crippen molar-refractivity contribution in [2.24, 2.45) is 5.92 Å². The number of methoxy groups -OCH3 is 1. The summed E-state index contributed by atoms with van der Waals surface area (Å²) in [6.07, 6.45) is 2.80. The molecule has 0 radical (unpaired) electrons. The van der Waals surface area contributed by atoms with Crippen LogP contribution in [0.3, 0.4) is 0 Å². The van der Waals surface area contributed by atoms with E-state index in [1.165, 1.54) is 0 Å². The van der Waals surface area contributed by atoms with Gasteiger partial charge in [-0.1, -0.05) is 0 Å². The molecule has 1 heterocycles. The third-order valence-electron chi connectivity index (χ3n) is 4.47. The molecule has 0 aromatic rings. The summed E-state index contributed by atoms with van der Waals surface area (Å²) >= 11 is 0. The molecule has 5 heteroatoms. The number of hydrogen-bond acceptors (Lipinski definition) is 3. The Morgan fingerprint density at radius 1 is 1.47 bits per heavy atom. The van der Waals surface area contributed by atoms with Crippen LogP contribution >= 0.6 is 0 Å². The van der Waals surface area contributed by atoms with Crippen molar-refractivity contribution in [2.45, 2.75) is 57.7 Å². The lowest BCUT2D eigenvalue weighted by atomic mass is 9.88. The number of carbonyl (C=O) groups is 2. The topological polar surface area (TPSA) is 58.6 Å². The zero-order chi connectivity index (χ0) is 14.2. The van der Waals surface area contributed by atoms with Crippen molar-refractivity contribution in [3.05, 3.63) is 0 Å². The summed E-state index contributed by atoms with van der Waals surface area (Å²) < 4.78 is 5.07. The summed E-state index contributed by atoms with van der Waals surface area (Å²) in [7, 11) is 1.65. The lowest BCUT2D eigenvalue weighted by molar-refractivity contribution is -0.157. The molecule has 1 saturated carbocycles. The maximum atomic E-state index is 12.8. The molecule has 1 N–H and O–H groups in total. The molecule has 0 aromatic heterocycles. The highest BCUT2D eigenvalue weighted by atomic mass is 16.5. The van der Waals surface area contributed by atoms with Crippen LogP contribution in [0.1, 0.15) is 40.0 Å². The fourth-order valence-corrected chi connectivity index (χ4v) is 2.93. The van der Waals surface area contributed by atoms with Crippen molar-refractivity contribution in [2.75, 3.05) is 13.7 Å². The Balaban J connectivity index is 2.18. The largest absolute Gasteiger partial charge is 0.385 e. The van der Waals surface area contributed by atoms with E-state index in [2.05, 4.69) is 5.32 Å². The number of piperazine rings is 1. The van der Waals surface area contributed by atoms with Crippen LogP contribution in [0, 0.1) is 5.92 Å². The standard InChI is InChI=1S/C14H24N2O3/c1-9(7-8-19-4)16-10(2)12(17)15-14(3,13(16)18)11-5-6-11/h9-11H,5-8H2,1-4H3,(H,15,17). The molecule has 1 saturated heterocycles. The Morgan fingerprint density at radius 2 is 2.11 bits per heavy atom. The number of amides is 2. The van der Waals surface area contributed by atoms with E-state index in [1.54, 1.807) is 18.9 Å². The summed E-state index contributed by atoms with van der Waals surface area (Å²) in [5.74, 6) is 0.317. The Morgan fingerprint density at radius 3 is 2.63 bits per heavy atom. The minimum atomic E-state index is -0.703. The molecule has 2 amide bonds. The number of nitrogens with zero attached hydrogens (tertiary/aromatic N) is 1. The minimum absolute atomic E-state index is 0.0200. The summed E-state index contributed by atoms with van der Waals surface area (Å²) in [5, 5.41) is 2.93. The molecule has 1 aliphatic heterocycles. The molecule has 0 bridgehead atoms. The summed E-state index contributed by atoms with van der Waals surface area (Å²) in [5.41, 5.74) is -0.703. The van der Waals surface area contributed by atoms with Crippen LogP contribution in [0.25, 0.3) is 0 Å². The first kappa shape index (κ1) is 14.3. The van der Waals surface area contributed by atoms with Crippen molar-refractivity contribution in [1.82, 2.24) is 10.2 Å². The van der Waals surface area contributed by atoms with Gasteiger partial charge in [0.05, 0.1) is 0 Å². The number of rotatable bonds is 5. The average Bonchev–Trinajstić information content (AvgIpc) is 3.18. The van der Waals surface area contributed by atoms with Crippen molar-refractivity contribution < 1.29 is 14.3 Å². The van der Waals surface area contributed by atoms with Gasteiger partial charge in [-0.05, 0) is 46.0 Å². The number of ether oxygens (including phenoxy) is 1. The number of carbonyl (C=O) groups excluding carboxylic acids is 2. The first-order chi connectivity index (χ1) is 8.91. The molecule has 0 spiro atoms. The molecule has 19 heavy (non-hydrogen) atoms. The van der Waals surface area contributed by atoms with Crippen LogP contribution < -0.4 is 5.32 Å². The van der Waals surface area contributed by atoms with Crippen molar-refractivity contribution >= 4 is 11.8 Å². The molecule has 2 aliphatic rings. The van der Waals surface area contributed by atoms with Gasteiger partial charge in [-0.2, -0.15) is 0 Å². The SMILES string of the molecule is COCCC(C)N1C(=O)C(C)(C2CC2)NC(=O)C1C. The fourth-order valence-electron chi connectivity index (χ4n) is 2.93. The Kier molecular flexibility index (Phi) is 3.85. The van der Waals surface area contributed by atoms with Crippen LogP contribution in [0.2, 0.25) is 0 Å². The average molecular weight is 268 g/mol. The zero-order valence-electron chi connectivity index (χ0n) is 12.2. The van der Waals surface area contributed by atoms with Gasteiger partial charge in [-0.25, -0.2) is 0 Å². The summed E-state index contributed by atoms with van der Waals surface area (Å²) in [4.78, 5) is 26.6. The number of hydrogen-bond donors (Lipinski definition) is 1. The first-order valence-electron chi connectivity index (χ1n) is 7.05. The predicted molar refractivity (Wildman–Crippen MR) is 71.5 cm³/mol. The predicted octanol–water partition coefficient (Wildman–Crippen LogP) is 0.927. The molecule has 3 atom stereocenters. The molecule has 5 nitrogen and oxygen atoms in total. The van der Waals surface area contributed by atoms with Crippen molar-refractivity contribution in [3.63, 3.8) is 0 Å². The molecule has 2 rings (SSSR count). The normalized spacial score (nSPS) is 33.3. The van der Waals surface area contributed by atoms with Gasteiger partial charge in [0.2, 0.25) is 11.8 Å². The molecule has 2 fully saturated rings. The van der Waals surface area contributed by atoms with Gasteiger partial charge >= 0.3 is 0 Å². The van der Waals surface area contributed by atoms with Crippen molar-refractivity contribution in [3.8, 4) is 0 Å². The lowest BCUT2D eigenvalue weighted by Gasteiger charge is -2.46. The van der Waals surface area contributed by atoms with Crippen LogP contribution in [0.4, 0.5) is 0 Å². The lowest BCUT2D eigenvalue weighted by Crippen LogP contribution is -2.71. The van der Waals surface area contributed by atoms with E-state index >= 15 is 0 Å². The van der Waals surface area contributed by atoms with Crippen LogP contribution in [0.15, 0.2) is 0 Å².